The average Bonchev–Trinajstić information content (AvgIpc) is 1.81. The summed E-state index contributed by atoms with van der Waals surface area (Å²) in [6, 6.07) is 0. The molecule has 1 radical (unpaired) electrons. The van der Waals surface area contributed by atoms with Crippen molar-refractivity contribution >= 4 is 18.9 Å². The molecule has 0 unspecified atom stereocenters. The average molecular weight is 123 g/mol. The van der Waals surface area contributed by atoms with Crippen molar-refractivity contribution in [2.24, 2.45) is 0 Å². The monoisotopic (exact) mass is 123 g/mol. The topological polar surface area (TPSA) is 19.9 Å². The molecule has 0 bridgehead atoms. The molecule has 1 nitrogen and oxygen atoms in total. The normalized spacial score (nSPS) is 8.67. The molecule has 0 aliphatic carbocycles. The molecule has 0 aromatic heterocycles. The van der Waals surface area contributed by atoms with Crippen LogP contribution in [0.1, 0.15) is 39.0 Å². The third-order valence-corrected chi connectivity index (χ3v) is 1.25. The van der Waals surface area contributed by atoms with Crippen LogP contribution in [0.25, 0.3) is 0 Å². The van der Waals surface area contributed by atoms with E-state index >= 15 is 0 Å². The summed E-state index contributed by atoms with van der Waals surface area (Å²) in [4.78, 5) is 0. The first kappa shape index (κ1) is 12.3. The zero-order chi connectivity index (χ0) is 6.24. The molecule has 51 valence electrons. The van der Waals surface area contributed by atoms with Gasteiger partial charge in [0.05, 0.1) is 6.61 Å². The van der Waals surface area contributed by atoms with E-state index in [4.69, 9.17) is 0 Å². The Morgan fingerprint density at radius 2 is 1.56 bits per heavy atom. The predicted molar refractivity (Wildman–Crippen MR) is 41.5 cm³/mol. The molecule has 0 aliphatic rings. The molecule has 0 spiro atoms. The fourth-order valence-corrected chi connectivity index (χ4v) is 0.706. The molecule has 0 aromatic carbocycles. The first-order chi connectivity index (χ1) is 3.91. The second-order valence-electron chi connectivity index (χ2n) is 2.12. The van der Waals surface area contributed by atoms with Crippen LogP contribution in [0.5, 0.6) is 0 Å². The van der Waals surface area contributed by atoms with Crippen molar-refractivity contribution in [3.05, 3.63) is 0 Å². The minimum absolute atomic E-state index is 0. The Balaban J connectivity index is 0. The molecule has 0 aliphatic heterocycles. The molecule has 0 fully saturated rings. The van der Waals surface area contributed by atoms with Crippen LogP contribution in [0.3, 0.4) is 0 Å². The van der Waals surface area contributed by atoms with E-state index < -0.39 is 0 Å². The molecular weight excluding hydrogens is 107 g/mol. The summed E-state index contributed by atoms with van der Waals surface area (Å²) < 4.78 is 0. The zero-order valence-corrected chi connectivity index (χ0v) is 5.65. The summed E-state index contributed by atoms with van der Waals surface area (Å²) in [6.45, 7) is 2.29. The van der Waals surface area contributed by atoms with E-state index in [1.54, 1.807) is 0 Å². The van der Waals surface area contributed by atoms with Crippen molar-refractivity contribution in [3.63, 3.8) is 0 Å². The Labute approximate surface area is 70.0 Å². The van der Waals surface area contributed by atoms with Gasteiger partial charge in [0.1, 0.15) is 0 Å². The van der Waals surface area contributed by atoms with Crippen LogP contribution in [0.2, 0.25) is 0 Å². The minimum atomic E-state index is 0. The van der Waals surface area contributed by atoms with Gasteiger partial charge in [-0.3, -0.25) is 0 Å². The van der Waals surface area contributed by atoms with Gasteiger partial charge in [-0.1, -0.05) is 32.6 Å². The van der Waals surface area contributed by atoms with Gasteiger partial charge < -0.3 is 0 Å². The van der Waals surface area contributed by atoms with Gasteiger partial charge in [-0.2, -0.15) is 0 Å². The van der Waals surface area contributed by atoms with Gasteiger partial charge in [0.2, 0.25) is 0 Å². The number of hydrogen-bond acceptors (Lipinski definition) is 0. The standard InChI is InChI=1S/C7H15O.Li.H/c1-2-3-4-5-6-7-8;;/h2-7H2,1H3;;. The predicted octanol–water partition coefficient (Wildman–Crippen LogP) is 1.74. The summed E-state index contributed by atoms with van der Waals surface area (Å²) in [5, 5.41) is 9.89. The van der Waals surface area contributed by atoms with Gasteiger partial charge in [0.15, 0.2) is 0 Å². The summed E-state index contributed by atoms with van der Waals surface area (Å²) in [5.74, 6) is 0. The summed E-state index contributed by atoms with van der Waals surface area (Å²) in [7, 11) is 0. The van der Waals surface area contributed by atoms with Crippen LogP contribution in [0.4, 0.5) is 0 Å². The molecule has 0 N–H and O–H groups in total. The molecule has 2 heteroatoms. The molecule has 0 rings (SSSR count). The molecule has 0 amide bonds. The van der Waals surface area contributed by atoms with Crippen LogP contribution in [0.15, 0.2) is 0 Å². The van der Waals surface area contributed by atoms with Gasteiger partial charge in [-0.25, -0.2) is 5.11 Å². The van der Waals surface area contributed by atoms with Gasteiger partial charge in [-0.05, 0) is 6.42 Å². The van der Waals surface area contributed by atoms with Crippen LogP contribution in [-0.2, 0) is 5.11 Å². The van der Waals surface area contributed by atoms with Crippen molar-refractivity contribution in [2.45, 2.75) is 39.0 Å². The Bertz CT molecular complexity index is 33.9. The molecule has 0 atom stereocenters. The molecule has 0 saturated carbocycles. The zero-order valence-electron chi connectivity index (χ0n) is 5.65. The number of unbranched alkanes of at least 4 members (excludes halogenated alkanes) is 4. The van der Waals surface area contributed by atoms with E-state index in [9.17, 15) is 5.11 Å². The molecular formula is C7H16LiO. The quantitative estimate of drug-likeness (QED) is 0.392. The number of hydrogen-bond donors (Lipinski definition) is 0. The maximum absolute atomic E-state index is 9.89. The van der Waals surface area contributed by atoms with Gasteiger partial charge in [-0.15, -0.1) is 0 Å². The van der Waals surface area contributed by atoms with Crippen LogP contribution in [-0.4, -0.2) is 25.5 Å². The van der Waals surface area contributed by atoms with Crippen molar-refractivity contribution in [2.75, 3.05) is 6.61 Å². The van der Waals surface area contributed by atoms with Crippen LogP contribution < -0.4 is 0 Å². The fourth-order valence-electron chi connectivity index (χ4n) is 0.706. The Morgan fingerprint density at radius 1 is 1.00 bits per heavy atom. The van der Waals surface area contributed by atoms with Crippen molar-refractivity contribution in [3.8, 4) is 0 Å². The molecule has 0 aromatic rings. The summed E-state index contributed by atoms with van der Waals surface area (Å²) >= 11 is 0. The van der Waals surface area contributed by atoms with Crippen molar-refractivity contribution < 1.29 is 5.11 Å². The summed E-state index contributed by atoms with van der Waals surface area (Å²) in [5.41, 5.74) is 0. The van der Waals surface area contributed by atoms with Crippen molar-refractivity contribution in [1.82, 2.24) is 0 Å². The maximum atomic E-state index is 9.89. The number of rotatable bonds is 5. The Kier molecular flexibility index (Phi) is 15.5. The van der Waals surface area contributed by atoms with E-state index in [-0.39, 0.29) is 25.5 Å². The molecule has 0 heterocycles. The second kappa shape index (κ2) is 11.4. The van der Waals surface area contributed by atoms with Crippen LogP contribution in [0, 0.1) is 0 Å². The Morgan fingerprint density at radius 3 is 2.00 bits per heavy atom. The fraction of sp³-hybridized carbons (Fsp3) is 1.00. The van der Waals surface area contributed by atoms with E-state index in [1.165, 1.54) is 19.3 Å². The molecule has 0 saturated heterocycles. The van der Waals surface area contributed by atoms with Gasteiger partial charge in [0.25, 0.3) is 0 Å². The second-order valence-corrected chi connectivity index (χ2v) is 2.12. The SMILES string of the molecule is CCCCCCC[O].[LiH]. The van der Waals surface area contributed by atoms with E-state index in [0.29, 0.717) is 0 Å². The van der Waals surface area contributed by atoms with E-state index in [2.05, 4.69) is 6.92 Å². The first-order valence-electron chi connectivity index (χ1n) is 3.50. The first-order valence-corrected chi connectivity index (χ1v) is 3.50. The Hall–Kier alpha value is 0.557. The van der Waals surface area contributed by atoms with E-state index in [0.717, 1.165) is 12.8 Å². The van der Waals surface area contributed by atoms with Gasteiger partial charge >= 0.3 is 18.9 Å². The summed E-state index contributed by atoms with van der Waals surface area (Å²) in [6.07, 6.45) is 5.81. The van der Waals surface area contributed by atoms with E-state index in [1.807, 2.05) is 0 Å². The third kappa shape index (κ3) is 11.9. The van der Waals surface area contributed by atoms with Gasteiger partial charge in [0, 0.05) is 0 Å². The third-order valence-electron chi connectivity index (χ3n) is 1.25. The van der Waals surface area contributed by atoms with Crippen molar-refractivity contribution in [1.29, 1.82) is 0 Å². The van der Waals surface area contributed by atoms with Crippen LogP contribution >= 0.6 is 0 Å². The molecule has 9 heavy (non-hydrogen) atoms.